The van der Waals surface area contributed by atoms with Crippen molar-refractivity contribution in [1.29, 1.82) is 0 Å². The second-order valence-corrected chi connectivity index (χ2v) is 9.24. The van der Waals surface area contributed by atoms with Crippen molar-refractivity contribution >= 4 is 27.5 Å². The number of likely N-dealkylation sites (N-methyl/N-ethyl adjacent to an activating group) is 1. The zero-order valence-electron chi connectivity index (χ0n) is 19.1. The van der Waals surface area contributed by atoms with Crippen LogP contribution in [0.15, 0.2) is 46.2 Å². The molecule has 0 aliphatic carbocycles. The first-order valence-electron chi connectivity index (χ1n) is 10.9. The zero-order chi connectivity index (χ0) is 24.0. The van der Waals surface area contributed by atoms with Crippen LogP contribution in [-0.4, -0.2) is 55.6 Å². The van der Waals surface area contributed by atoms with E-state index in [0.29, 0.717) is 46.7 Å². The number of aryl methyl sites for hydroxylation is 3. The molecule has 1 fully saturated rings. The maximum Gasteiger partial charge on any atom is 0.332 e. The highest BCUT2D eigenvalue weighted by Crippen LogP contribution is 2.31. The molecule has 34 heavy (non-hydrogen) atoms. The Bertz CT molecular complexity index is 1500. The Kier molecular flexibility index (Phi) is 5.56. The number of para-hydroxylation sites is 1. The molecule has 4 aromatic rings. The molecule has 0 N–H and O–H groups in total. The highest BCUT2D eigenvalue weighted by atomic mass is 32.1. The van der Waals surface area contributed by atoms with Crippen LogP contribution in [0.2, 0.25) is 0 Å². The van der Waals surface area contributed by atoms with Gasteiger partial charge in [0.05, 0.1) is 24.9 Å². The number of methoxy groups -OCH3 is 1. The Morgan fingerprint density at radius 3 is 2.56 bits per heavy atom. The number of amides is 1. The number of likely N-dealkylation sites (tertiary alicyclic amines) is 1. The molecule has 4 heterocycles. The van der Waals surface area contributed by atoms with Crippen LogP contribution in [0.1, 0.15) is 23.6 Å². The summed E-state index contributed by atoms with van der Waals surface area (Å²) in [6.07, 6.45) is 4.05. The topological polar surface area (TPSA) is 104 Å². The van der Waals surface area contributed by atoms with Gasteiger partial charge in [0.2, 0.25) is 5.91 Å². The van der Waals surface area contributed by atoms with E-state index in [1.807, 2.05) is 31.2 Å². The molecule has 176 valence electrons. The Labute approximate surface area is 198 Å². The predicted octanol–water partition coefficient (Wildman–Crippen LogP) is 1.77. The minimum Gasteiger partial charge on any atom is -0.496 e. The summed E-state index contributed by atoms with van der Waals surface area (Å²) in [6, 6.07) is 6.82. The largest absolute Gasteiger partial charge is 0.496 e. The van der Waals surface area contributed by atoms with Crippen molar-refractivity contribution in [3.8, 4) is 10.8 Å². The molecule has 0 bridgehead atoms. The number of carbonyl (C=O) groups is 1. The molecule has 1 aliphatic rings. The standard InChI is InChI=1S/C23H24N6O4S/c1-14-18-20(31)28(16-9-12-26(2)19(16)30)23(32)27(13-8-15-6-4-5-7-17(15)33-3)22(18)34-21(14)29-24-10-11-25-29/h4-7,10-11,16H,8-9,12-13H2,1-3H3/t16-/m0/s1. The van der Waals surface area contributed by atoms with Crippen LogP contribution >= 0.6 is 11.3 Å². The second kappa shape index (κ2) is 8.56. The summed E-state index contributed by atoms with van der Waals surface area (Å²) in [4.78, 5) is 43.7. The lowest BCUT2D eigenvalue weighted by Crippen LogP contribution is -2.44. The SMILES string of the molecule is COc1ccccc1CCn1c(=O)n([C@H]2CCN(C)C2=O)c(=O)c2c(C)c(-n3nccn3)sc21. The van der Waals surface area contributed by atoms with Gasteiger partial charge in [0.15, 0.2) is 0 Å². The third-order valence-electron chi connectivity index (χ3n) is 6.33. The molecule has 5 rings (SSSR count). The van der Waals surface area contributed by atoms with Crippen molar-refractivity contribution in [3.05, 3.63) is 68.6 Å². The van der Waals surface area contributed by atoms with Gasteiger partial charge in [-0.1, -0.05) is 29.5 Å². The minimum absolute atomic E-state index is 0.225. The smallest absolute Gasteiger partial charge is 0.332 e. The minimum atomic E-state index is -0.808. The summed E-state index contributed by atoms with van der Waals surface area (Å²) in [6.45, 7) is 2.64. The summed E-state index contributed by atoms with van der Waals surface area (Å²) >= 11 is 1.30. The zero-order valence-corrected chi connectivity index (χ0v) is 19.9. The van der Waals surface area contributed by atoms with E-state index in [0.717, 1.165) is 15.9 Å². The summed E-state index contributed by atoms with van der Waals surface area (Å²) < 4.78 is 8.20. The third kappa shape index (κ3) is 3.43. The number of hydrogen-bond acceptors (Lipinski definition) is 7. The number of benzene rings is 1. The number of fused-ring (bicyclic) bond motifs is 1. The van der Waals surface area contributed by atoms with E-state index in [9.17, 15) is 14.4 Å². The van der Waals surface area contributed by atoms with E-state index in [4.69, 9.17) is 4.74 Å². The number of carbonyl (C=O) groups excluding carboxylic acids is 1. The van der Waals surface area contributed by atoms with E-state index >= 15 is 0 Å². The number of rotatable bonds is 6. The van der Waals surface area contributed by atoms with E-state index in [1.54, 1.807) is 36.0 Å². The Morgan fingerprint density at radius 1 is 1.15 bits per heavy atom. The number of ether oxygens (including phenoxy) is 1. The maximum atomic E-state index is 13.7. The molecule has 1 saturated heterocycles. The van der Waals surface area contributed by atoms with Crippen molar-refractivity contribution in [2.24, 2.45) is 0 Å². The first kappa shape index (κ1) is 22.1. The molecule has 0 unspecified atom stereocenters. The van der Waals surface area contributed by atoms with Gasteiger partial charge < -0.3 is 9.64 Å². The van der Waals surface area contributed by atoms with Crippen molar-refractivity contribution in [2.75, 3.05) is 20.7 Å². The van der Waals surface area contributed by atoms with Crippen LogP contribution in [0.4, 0.5) is 0 Å². The van der Waals surface area contributed by atoms with Gasteiger partial charge in [0.25, 0.3) is 5.56 Å². The summed E-state index contributed by atoms with van der Waals surface area (Å²) in [5, 5.41) is 9.49. The van der Waals surface area contributed by atoms with Gasteiger partial charge in [-0.25, -0.2) is 9.36 Å². The first-order valence-corrected chi connectivity index (χ1v) is 11.8. The van der Waals surface area contributed by atoms with Gasteiger partial charge in [-0.3, -0.25) is 14.2 Å². The van der Waals surface area contributed by atoms with Gasteiger partial charge in [0.1, 0.15) is 21.6 Å². The van der Waals surface area contributed by atoms with Crippen molar-refractivity contribution < 1.29 is 9.53 Å². The molecule has 0 radical (unpaired) electrons. The second-order valence-electron chi connectivity index (χ2n) is 8.27. The van der Waals surface area contributed by atoms with E-state index in [-0.39, 0.29) is 5.91 Å². The van der Waals surface area contributed by atoms with Crippen LogP contribution in [-0.2, 0) is 17.8 Å². The number of thiophene rings is 1. The molecule has 1 aliphatic heterocycles. The molecule has 1 amide bonds. The fourth-order valence-electron chi connectivity index (χ4n) is 4.52. The highest BCUT2D eigenvalue weighted by molar-refractivity contribution is 7.21. The van der Waals surface area contributed by atoms with E-state index < -0.39 is 17.3 Å². The molecular weight excluding hydrogens is 456 g/mol. The molecule has 3 aromatic heterocycles. The van der Waals surface area contributed by atoms with Crippen LogP contribution < -0.4 is 16.0 Å². The van der Waals surface area contributed by atoms with Crippen molar-refractivity contribution in [2.45, 2.75) is 32.4 Å². The normalized spacial score (nSPS) is 16.0. The molecule has 10 nitrogen and oxygen atoms in total. The predicted molar refractivity (Wildman–Crippen MR) is 128 cm³/mol. The molecular formula is C23H24N6O4S. The van der Waals surface area contributed by atoms with Gasteiger partial charge in [0, 0.05) is 25.7 Å². The molecule has 0 spiro atoms. The number of nitrogens with zero attached hydrogens (tertiary/aromatic N) is 6. The van der Waals surface area contributed by atoms with Gasteiger partial charge in [-0.2, -0.15) is 10.2 Å². The molecule has 1 aromatic carbocycles. The number of aromatic nitrogens is 5. The van der Waals surface area contributed by atoms with Crippen molar-refractivity contribution in [1.82, 2.24) is 29.0 Å². The average Bonchev–Trinajstić information content (AvgIpc) is 3.55. The quantitative estimate of drug-likeness (QED) is 0.417. The monoisotopic (exact) mass is 480 g/mol. The summed E-state index contributed by atoms with van der Waals surface area (Å²) in [7, 11) is 3.29. The first-order chi connectivity index (χ1) is 16.4. The molecule has 1 atom stereocenters. The van der Waals surface area contributed by atoms with Crippen molar-refractivity contribution in [3.63, 3.8) is 0 Å². The lowest BCUT2D eigenvalue weighted by Gasteiger charge is -2.16. The number of hydrogen-bond donors (Lipinski definition) is 0. The summed E-state index contributed by atoms with van der Waals surface area (Å²) in [5.41, 5.74) is 0.693. The average molecular weight is 481 g/mol. The molecule has 11 heteroatoms. The van der Waals surface area contributed by atoms with E-state index in [1.165, 1.54) is 16.1 Å². The van der Waals surface area contributed by atoms with E-state index in [2.05, 4.69) is 10.2 Å². The molecule has 0 saturated carbocycles. The van der Waals surface area contributed by atoms with Gasteiger partial charge in [-0.05, 0) is 31.4 Å². The van der Waals surface area contributed by atoms with Gasteiger partial charge >= 0.3 is 5.69 Å². The Hall–Kier alpha value is -3.73. The Morgan fingerprint density at radius 2 is 1.88 bits per heavy atom. The van der Waals surface area contributed by atoms with Crippen LogP contribution in [0.5, 0.6) is 5.75 Å². The summed E-state index contributed by atoms with van der Waals surface area (Å²) in [5.74, 6) is 0.508. The fourth-order valence-corrected chi connectivity index (χ4v) is 5.76. The van der Waals surface area contributed by atoms with Crippen LogP contribution in [0, 0.1) is 6.92 Å². The highest BCUT2D eigenvalue weighted by Gasteiger charge is 2.34. The fraction of sp³-hybridized carbons (Fsp3) is 0.348. The Balaban J connectivity index is 1.72. The van der Waals surface area contributed by atoms with Gasteiger partial charge in [-0.15, -0.1) is 4.80 Å². The van der Waals surface area contributed by atoms with Crippen LogP contribution in [0.25, 0.3) is 15.2 Å². The lowest BCUT2D eigenvalue weighted by molar-refractivity contribution is -0.129. The van der Waals surface area contributed by atoms with Crippen LogP contribution in [0.3, 0.4) is 0 Å². The maximum absolute atomic E-state index is 13.7. The lowest BCUT2D eigenvalue weighted by atomic mass is 10.1. The third-order valence-corrected chi connectivity index (χ3v) is 7.61.